The smallest absolute Gasteiger partial charge is 0.128 e. The van der Waals surface area contributed by atoms with Crippen LogP contribution in [-0.2, 0) is 11.2 Å². The first kappa shape index (κ1) is 15.7. The third kappa shape index (κ3) is 2.04. The topological polar surface area (TPSA) is 9.23 Å². The van der Waals surface area contributed by atoms with Crippen molar-refractivity contribution in [1.29, 1.82) is 0 Å². The van der Waals surface area contributed by atoms with Crippen LogP contribution in [-0.4, -0.2) is 12.2 Å². The van der Waals surface area contributed by atoms with E-state index in [-0.39, 0.29) is 23.9 Å². The maximum atomic E-state index is 15.0. The molecule has 3 fully saturated rings. The SMILES string of the molecule is C=C1C(c2c(F)cc(C#CC)cc2CC)C(=C)C2C3CCC(O3)C12. The second kappa shape index (κ2) is 5.60. The maximum Gasteiger partial charge on any atom is 0.128 e. The van der Waals surface area contributed by atoms with Crippen molar-refractivity contribution in [2.45, 2.75) is 51.2 Å². The molecule has 4 rings (SSSR count). The van der Waals surface area contributed by atoms with Crippen LogP contribution in [0.4, 0.5) is 4.39 Å². The fourth-order valence-electron chi connectivity index (χ4n) is 5.12. The summed E-state index contributed by atoms with van der Waals surface area (Å²) in [4.78, 5) is 0. The van der Waals surface area contributed by atoms with Crippen LogP contribution in [0, 0.1) is 29.5 Å². The van der Waals surface area contributed by atoms with E-state index in [0.29, 0.717) is 11.8 Å². The summed E-state index contributed by atoms with van der Waals surface area (Å²) in [6.07, 6.45) is 3.49. The van der Waals surface area contributed by atoms with E-state index in [9.17, 15) is 0 Å². The second-order valence-corrected chi connectivity index (χ2v) is 7.18. The minimum absolute atomic E-state index is 0.0782. The maximum absolute atomic E-state index is 15.0. The lowest BCUT2D eigenvalue weighted by Gasteiger charge is -2.22. The van der Waals surface area contributed by atoms with Crippen molar-refractivity contribution in [3.05, 3.63) is 58.9 Å². The molecule has 1 nitrogen and oxygen atoms in total. The summed E-state index contributed by atoms with van der Waals surface area (Å²) in [6, 6.07) is 3.58. The quantitative estimate of drug-likeness (QED) is 0.563. The largest absolute Gasteiger partial charge is 0.374 e. The third-order valence-electron chi connectivity index (χ3n) is 6.03. The molecule has 124 valence electrons. The summed E-state index contributed by atoms with van der Waals surface area (Å²) in [5.41, 5.74) is 4.73. The number of ether oxygens (including phenoxy) is 1. The zero-order chi connectivity index (χ0) is 17.0. The van der Waals surface area contributed by atoms with E-state index in [2.05, 4.69) is 31.9 Å². The van der Waals surface area contributed by atoms with E-state index < -0.39 is 0 Å². The van der Waals surface area contributed by atoms with Gasteiger partial charge < -0.3 is 4.74 Å². The molecule has 2 aliphatic heterocycles. The Labute approximate surface area is 143 Å². The van der Waals surface area contributed by atoms with Gasteiger partial charge in [0.05, 0.1) is 12.2 Å². The average Bonchev–Trinajstić information content (AvgIpc) is 3.23. The predicted molar refractivity (Wildman–Crippen MR) is 94.2 cm³/mol. The van der Waals surface area contributed by atoms with Gasteiger partial charge in [0.25, 0.3) is 0 Å². The molecule has 2 saturated heterocycles. The normalized spacial score (nSPS) is 33.5. The number of halogens is 1. The van der Waals surface area contributed by atoms with Crippen LogP contribution in [0.2, 0.25) is 0 Å². The summed E-state index contributed by atoms with van der Waals surface area (Å²) >= 11 is 0. The molecule has 0 N–H and O–H groups in total. The third-order valence-corrected chi connectivity index (χ3v) is 6.03. The van der Waals surface area contributed by atoms with Crippen molar-refractivity contribution in [3.63, 3.8) is 0 Å². The zero-order valence-corrected chi connectivity index (χ0v) is 14.4. The molecule has 4 unspecified atom stereocenters. The summed E-state index contributed by atoms with van der Waals surface area (Å²) < 4.78 is 21.1. The van der Waals surface area contributed by atoms with Gasteiger partial charge in [-0.15, -0.1) is 5.92 Å². The summed E-state index contributed by atoms with van der Waals surface area (Å²) in [5.74, 6) is 6.21. The molecule has 3 aliphatic rings. The Hall–Kier alpha value is -1.85. The van der Waals surface area contributed by atoms with E-state index in [1.165, 1.54) is 0 Å². The first-order chi connectivity index (χ1) is 11.6. The lowest BCUT2D eigenvalue weighted by atomic mass is 9.79. The number of hydrogen-bond acceptors (Lipinski definition) is 1. The molecule has 0 radical (unpaired) electrons. The highest BCUT2D eigenvalue weighted by Crippen LogP contribution is 2.60. The fourth-order valence-corrected chi connectivity index (χ4v) is 5.12. The van der Waals surface area contributed by atoms with Crippen LogP contribution >= 0.6 is 0 Å². The van der Waals surface area contributed by atoms with E-state index in [0.717, 1.165) is 47.1 Å². The second-order valence-electron chi connectivity index (χ2n) is 7.18. The van der Waals surface area contributed by atoms with Gasteiger partial charge in [-0.2, -0.15) is 0 Å². The summed E-state index contributed by atoms with van der Waals surface area (Å²) in [6.45, 7) is 12.6. The van der Waals surface area contributed by atoms with Gasteiger partial charge in [0.15, 0.2) is 0 Å². The van der Waals surface area contributed by atoms with Crippen molar-refractivity contribution in [3.8, 4) is 11.8 Å². The van der Waals surface area contributed by atoms with Gasteiger partial charge in [-0.3, -0.25) is 0 Å². The standard InChI is InChI=1S/C22H23FO/c1-5-7-14-10-15(6-2)22(16(23)11-14)19-12(3)20-17-8-9-18(24-17)21(20)13(19)4/h10-11,17-21H,3-4,6,8-9H2,1-2H3. The Bertz CT molecular complexity index is 766. The molecular formula is C22H23FO. The van der Waals surface area contributed by atoms with Crippen LogP contribution in [0.3, 0.4) is 0 Å². The molecule has 1 saturated carbocycles. The van der Waals surface area contributed by atoms with E-state index in [1.807, 2.05) is 6.07 Å². The highest BCUT2D eigenvalue weighted by atomic mass is 19.1. The lowest BCUT2D eigenvalue weighted by Crippen LogP contribution is -2.23. The lowest BCUT2D eigenvalue weighted by molar-refractivity contribution is 0.0893. The van der Waals surface area contributed by atoms with Gasteiger partial charge in [-0.05, 0) is 43.9 Å². The fraction of sp³-hybridized carbons (Fsp3) is 0.455. The molecule has 2 heteroatoms. The van der Waals surface area contributed by atoms with Crippen molar-refractivity contribution in [2.24, 2.45) is 11.8 Å². The molecule has 24 heavy (non-hydrogen) atoms. The summed E-state index contributed by atoms with van der Waals surface area (Å²) in [7, 11) is 0. The Kier molecular flexibility index (Phi) is 3.66. The molecule has 2 heterocycles. The van der Waals surface area contributed by atoms with Crippen molar-refractivity contribution >= 4 is 0 Å². The summed E-state index contributed by atoms with van der Waals surface area (Å²) in [5, 5.41) is 0. The Morgan fingerprint density at radius 3 is 2.33 bits per heavy atom. The van der Waals surface area contributed by atoms with Gasteiger partial charge in [-0.25, -0.2) is 4.39 Å². The molecule has 1 aliphatic carbocycles. The van der Waals surface area contributed by atoms with Gasteiger partial charge in [0, 0.05) is 28.9 Å². The van der Waals surface area contributed by atoms with Gasteiger partial charge in [-0.1, -0.05) is 37.1 Å². The van der Waals surface area contributed by atoms with Crippen LogP contribution < -0.4 is 0 Å². The number of benzene rings is 1. The first-order valence-electron chi connectivity index (χ1n) is 8.84. The Balaban J connectivity index is 1.80. The highest BCUT2D eigenvalue weighted by molar-refractivity contribution is 5.53. The van der Waals surface area contributed by atoms with Crippen LogP contribution in [0.5, 0.6) is 0 Å². The van der Waals surface area contributed by atoms with Gasteiger partial charge in [0.2, 0.25) is 0 Å². The molecule has 0 aromatic heterocycles. The number of rotatable bonds is 2. The molecule has 4 atom stereocenters. The molecule has 1 aromatic rings. The van der Waals surface area contributed by atoms with E-state index in [1.54, 1.807) is 13.0 Å². The number of hydrogen-bond donors (Lipinski definition) is 0. The van der Waals surface area contributed by atoms with Crippen LogP contribution in [0.1, 0.15) is 49.3 Å². The van der Waals surface area contributed by atoms with Crippen molar-refractivity contribution in [2.75, 3.05) is 0 Å². The first-order valence-corrected chi connectivity index (χ1v) is 8.84. The number of aryl methyl sites for hydroxylation is 1. The zero-order valence-electron chi connectivity index (χ0n) is 14.4. The number of fused-ring (bicyclic) bond motifs is 5. The van der Waals surface area contributed by atoms with Crippen molar-refractivity contribution < 1.29 is 9.13 Å². The van der Waals surface area contributed by atoms with E-state index >= 15 is 4.39 Å². The van der Waals surface area contributed by atoms with Gasteiger partial charge in [0.1, 0.15) is 5.82 Å². The molecule has 0 spiro atoms. The monoisotopic (exact) mass is 322 g/mol. The van der Waals surface area contributed by atoms with Crippen LogP contribution in [0.15, 0.2) is 36.4 Å². The highest BCUT2D eigenvalue weighted by Gasteiger charge is 2.57. The average molecular weight is 322 g/mol. The van der Waals surface area contributed by atoms with Crippen molar-refractivity contribution in [1.82, 2.24) is 0 Å². The van der Waals surface area contributed by atoms with E-state index in [4.69, 9.17) is 4.74 Å². The molecule has 2 bridgehead atoms. The molecular weight excluding hydrogens is 299 g/mol. The minimum atomic E-state index is -0.173. The Morgan fingerprint density at radius 1 is 1.17 bits per heavy atom. The predicted octanol–water partition coefficient (Wildman–Crippen LogP) is 4.76. The van der Waals surface area contributed by atoms with Crippen LogP contribution in [0.25, 0.3) is 0 Å². The molecule has 0 amide bonds. The minimum Gasteiger partial charge on any atom is -0.374 e. The van der Waals surface area contributed by atoms with Gasteiger partial charge >= 0.3 is 0 Å². The molecule has 1 aromatic carbocycles. The Morgan fingerprint density at radius 2 is 1.79 bits per heavy atom.